The molecule has 2 aliphatic rings. The third kappa shape index (κ3) is 3.10. The van der Waals surface area contributed by atoms with E-state index in [0.717, 1.165) is 44.9 Å². The Hall–Kier alpha value is -1.06. The third-order valence-corrected chi connectivity index (χ3v) is 4.23. The Morgan fingerprint density at radius 1 is 1.21 bits per heavy atom. The molecule has 0 aliphatic carbocycles. The molecule has 2 aliphatic heterocycles. The molecule has 1 N–H and O–H groups in total. The van der Waals surface area contributed by atoms with Crippen LogP contribution in [0.3, 0.4) is 0 Å². The highest BCUT2D eigenvalue weighted by Crippen LogP contribution is 2.28. The molecule has 1 aromatic rings. The summed E-state index contributed by atoms with van der Waals surface area (Å²) >= 11 is 0. The fourth-order valence-corrected chi connectivity index (χ4v) is 3.09. The predicted octanol–water partition coefficient (Wildman–Crippen LogP) is 2.09. The SMILES string of the molecule is Cl.O=CN1CCc2cc(C3CCNCC3)ccc2C1. The van der Waals surface area contributed by atoms with Crippen LogP contribution in [0.5, 0.6) is 0 Å². The first-order valence-electron chi connectivity index (χ1n) is 6.88. The summed E-state index contributed by atoms with van der Waals surface area (Å²) in [7, 11) is 0. The van der Waals surface area contributed by atoms with Crippen molar-refractivity contribution in [2.75, 3.05) is 19.6 Å². The Morgan fingerprint density at radius 2 is 2.00 bits per heavy atom. The monoisotopic (exact) mass is 280 g/mol. The molecule has 1 amide bonds. The van der Waals surface area contributed by atoms with Crippen LogP contribution in [0, 0.1) is 0 Å². The standard InChI is InChI=1S/C15H20N2O.ClH/c18-11-17-8-5-14-9-13(1-2-15(14)10-17)12-3-6-16-7-4-12;/h1-2,9,11-12,16H,3-8,10H2;1H. The van der Waals surface area contributed by atoms with Gasteiger partial charge in [-0.3, -0.25) is 4.79 Å². The van der Waals surface area contributed by atoms with E-state index in [9.17, 15) is 4.79 Å². The van der Waals surface area contributed by atoms with Gasteiger partial charge in [-0.05, 0) is 55.0 Å². The van der Waals surface area contributed by atoms with E-state index >= 15 is 0 Å². The zero-order chi connectivity index (χ0) is 12.4. The number of nitrogens with one attached hydrogen (secondary N) is 1. The Bertz CT molecular complexity index is 444. The Labute approximate surface area is 120 Å². The summed E-state index contributed by atoms with van der Waals surface area (Å²) in [6.45, 7) is 3.93. The maximum absolute atomic E-state index is 10.8. The average molecular weight is 281 g/mol. The van der Waals surface area contributed by atoms with Crippen LogP contribution in [-0.2, 0) is 17.8 Å². The van der Waals surface area contributed by atoms with Crippen molar-refractivity contribution in [3.05, 3.63) is 34.9 Å². The molecule has 4 heteroatoms. The summed E-state index contributed by atoms with van der Waals surface area (Å²) in [5.41, 5.74) is 4.27. The molecule has 0 unspecified atom stereocenters. The second-order valence-electron chi connectivity index (χ2n) is 5.38. The molecule has 0 radical (unpaired) electrons. The largest absolute Gasteiger partial charge is 0.341 e. The quantitative estimate of drug-likeness (QED) is 0.842. The minimum Gasteiger partial charge on any atom is -0.341 e. The number of halogens is 1. The van der Waals surface area contributed by atoms with Gasteiger partial charge in [-0.1, -0.05) is 18.2 Å². The summed E-state index contributed by atoms with van der Waals surface area (Å²) in [4.78, 5) is 12.7. The maximum Gasteiger partial charge on any atom is 0.210 e. The number of carbonyl (C=O) groups excluding carboxylic acids is 1. The van der Waals surface area contributed by atoms with E-state index in [1.807, 2.05) is 4.90 Å². The van der Waals surface area contributed by atoms with Crippen molar-refractivity contribution >= 4 is 18.8 Å². The van der Waals surface area contributed by atoms with Crippen molar-refractivity contribution in [3.8, 4) is 0 Å². The fraction of sp³-hybridized carbons (Fsp3) is 0.533. The molecule has 3 rings (SSSR count). The number of hydrogen-bond acceptors (Lipinski definition) is 2. The fourth-order valence-electron chi connectivity index (χ4n) is 3.09. The first-order chi connectivity index (χ1) is 8.86. The number of hydrogen-bond donors (Lipinski definition) is 1. The van der Waals surface area contributed by atoms with E-state index in [1.165, 1.54) is 29.5 Å². The number of piperidine rings is 1. The highest BCUT2D eigenvalue weighted by molar-refractivity contribution is 5.85. The van der Waals surface area contributed by atoms with Gasteiger partial charge in [0.2, 0.25) is 6.41 Å². The van der Waals surface area contributed by atoms with Crippen molar-refractivity contribution in [2.24, 2.45) is 0 Å². The Balaban J connectivity index is 0.00000133. The van der Waals surface area contributed by atoms with Crippen LogP contribution >= 0.6 is 12.4 Å². The zero-order valence-corrected chi connectivity index (χ0v) is 11.9. The second-order valence-corrected chi connectivity index (χ2v) is 5.38. The second kappa shape index (κ2) is 6.40. The van der Waals surface area contributed by atoms with Crippen LogP contribution < -0.4 is 5.32 Å². The summed E-state index contributed by atoms with van der Waals surface area (Å²) in [5.74, 6) is 0.723. The predicted molar refractivity (Wildman–Crippen MR) is 78.7 cm³/mol. The van der Waals surface area contributed by atoms with Crippen LogP contribution in [0.4, 0.5) is 0 Å². The van der Waals surface area contributed by atoms with Gasteiger partial charge >= 0.3 is 0 Å². The lowest BCUT2D eigenvalue weighted by atomic mass is 9.87. The van der Waals surface area contributed by atoms with Crippen molar-refractivity contribution in [2.45, 2.75) is 31.7 Å². The van der Waals surface area contributed by atoms with Crippen LogP contribution in [-0.4, -0.2) is 30.9 Å². The van der Waals surface area contributed by atoms with E-state index in [0.29, 0.717) is 0 Å². The van der Waals surface area contributed by atoms with Gasteiger partial charge < -0.3 is 10.2 Å². The molecule has 2 heterocycles. The van der Waals surface area contributed by atoms with Gasteiger partial charge in [-0.25, -0.2) is 0 Å². The number of carbonyl (C=O) groups is 1. The molecule has 0 atom stereocenters. The lowest BCUT2D eigenvalue weighted by Gasteiger charge is -2.28. The normalized spacial score (nSPS) is 19.5. The van der Waals surface area contributed by atoms with Gasteiger partial charge in [-0.15, -0.1) is 12.4 Å². The van der Waals surface area contributed by atoms with Gasteiger partial charge in [-0.2, -0.15) is 0 Å². The molecule has 1 saturated heterocycles. The van der Waals surface area contributed by atoms with Crippen LogP contribution in [0.1, 0.15) is 35.4 Å². The van der Waals surface area contributed by atoms with Crippen molar-refractivity contribution < 1.29 is 4.79 Å². The Kier molecular flexibility index (Phi) is 4.83. The summed E-state index contributed by atoms with van der Waals surface area (Å²) in [6, 6.07) is 6.87. The van der Waals surface area contributed by atoms with Crippen molar-refractivity contribution in [1.29, 1.82) is 0 Å². The molecular weight excluding hydrogens is 260 g/mol. The van der Waals surface area contributed by atoms with Gasteiger partial charge in [0.1, 0.15) is 0 Å². The third-order valence-electron chi connectivity index (χ3n) is 4.23. The molecular formula is C15H21ClN2O. The van der Waals surface area contributed by atoms with Crippen LogP contribution in [0.25, 0.3) is 0 Å². The van der Waals surface area contributed by atoms with Crippen molar-refractivity contribution in [3.63, 3.8) is 0 Å². The molecule has 104 valence electrons. The molecule has 0 spiro atoms. The minimum absolute atomic E-state index is 0. The first-order valence-corrected chi connectivity index (χ1v) is 6.88. The summed E-state index contributed by atoms with van der Waals surface area (Å²) in [6.07, 6.45) is 4.47. The molecule has 19 heavy (non-hydrogen) atoms. The summed E-state index contributed by atoms with van der Waals surface area (Å²) < 4.78 is 0. The van der Waals surface area contributed by atoms with Gasteiger partial charge in [0, 0.05) is 13.1 Å². The average Bonchev–Trinajstić information content (AvgIpc) is 2.47. The van der Waals surface area contributed by atoms with E-state index in [2.05, 4.69) is 23.5 Å². The van der Waals surface area contributed by atoms with E-state index < -0.39 is 0 Å². The number of amides is 1. The van der Waals surface area contributed by atoms with Gasteiger partial charge in [0.25, 0.3) is 0 Å². The molecule has 0 bridgehead atoms. The molecule has 1 fully saturated rings. The maximum atomic E-state index is 10.8. The Morgan fingerprint density at radius 3 is 2.74 bits per heavy atom. The molecule has 1 aromatic carbocycles. The first kappa shape index (κ1) is 14.4. The number of nitrogens with zero attached hydrogens (tertiary/aromatic N) is 1. The molecule has 3 nitrogen and oxygen atoms in total. The lowest BCUT2D eigenvalue weighted by Crippen LogP contribution is -2.29. The smallest absolute Gasteiger partial charge is 0.210 e. The van der Waals surface area contributed by atoms with Gasteiger partial charge in [0.05, 0.1) is 0 Å². The van der Waals surface area contributed by atoms with E-state index in [1.54, 1.807) is 0 Å². The highest BCUT2D eigenvalue weighted by atomic mass is 35.5. The van der Waals surface area contributed by atoms with Crippen LogP contribution in [0.2, 0.25) is 0 Å². The summed E-state index contributed by atoms with van der Waals surface area (Å²) in [5, 5.41) is 3.41. The number of rotatable bonds is 2. The van der Waals surface area contributed by atoms with Crippen LogP contribution in [0.15, 0.2) is 18.2 Å². The molecule has 0 aromatic heterocycles. The molecule has 0 saturated carbocycles. The van der Waals surface area contributed by atoms with E-state index in [4.69, 9.17) is 0 Å². The van der Waals surface area contributed by atoms with Gasteiger partial charge in [0.15, 0.2) is 0 Å². The number of benzene rings is 1. The van der Waals surface area contributed by atoms with Crippen molar-refractivity contribution in [1.82, 2.24) is 10.2 Å². The van der Waals surface area contributed by atoms with E-state index in [-0.39, 0.29) is 12.4 Å². The zero-order valence-electron chi connectivity index (χ0n) is 11.1. The minimum atomic E-state index is 0. The number of fused-ring (bicyclic) bond motifs is 1. The lowest BCUT2D eigenvalue weighted by molar-refractivity contribution is -0.118. The topological polar surface area (TPSA) is 32.3 Å². The highest BCUT2D eigenvalue weighted by Gasteiger charge is 2.19.